The van der Waals surface area contributed by atoms with Crippen molar-refractivity contribution in [1.29, 1.82) is 5.26 Å². The van der Waals surface area contributed by atoms with E-state index in [0.717, 1.165) is 4.90 Å². The van der Waals surface area contributed by atoms with Gasteiger partial charge in [-0.1, -0.05) is 41.6 Å². The fourth-order valence-electron chi connectivity index (χ4n) is 0.645. The van der Waals surface area contributed by atoms with Gasteiger partial charge in [0.05, 0.1) is 0 Å². The molecule has 1 nitrogen and oxygen atoms in total. The molecule has 0 unspecified atom stereocenters. The first-order valence-electron chi connectivity index (χ1n) is 3.30. The van der Waals surface area contributed by atoms with E-state index in [9.17, 15) is 0 Å². The van der Waals surface area contributed by atoms with E-state index < -0.39 is 0 Å². The summed E-state index contributed by atoms with van der Waals surface area (Å²) in [5.41, 5.74) is 0. The zero-order valence-electron chi connectivity index (χ0n) is 6.20. The lowest BCUT2D eigenvalue weighted by atomic mass is 10.4. The van der Waals surface area contributed by atoms with Gasteiger partial charge in [-0.3, -0.25) is 0 Å². The number of benzene rings is 1. The maximum absolute atomic E-state index is 8.35. The van der Waals surface area contributed by atoms with E-state index in [1.807, 2.05) is 36.4 Å². The fourth-order valence-corrected chi connectivity index (χ4v) is 1.39. The number of nitriles is 1. The van der Waals surface area contributed by atoms with Crippen LogP contribution < -0.4 is 0 Å². The quantitative estimate of drug-likeness (QED) is 0.534. The Morgan fingerprint density at radius 2 is 2.08 bits per heavy atom. The van der Waals surface area contributed by atoms with Crippen molar-refractivity contribution in [2.45, 2.75) is 4.90 Å². The third-order valence-corrected chi connectivity index (χ3v) is 2.37. The molecule has 1 aromatic rings. The summed E-state index contributed by atoms with van der Waals surface area (Å²) in [6.07, 6.45) is 0. The summed E-state index contributed by atoms with van der Waals surface area (Å²) in [7, 11) is 0. The highest BCUT2D eigenvalue weighted by molar-refractivity contribution is 8.02. The van der Waals surface area contributed by atoms with Crippen LogP contribution in [0.15, 0.2) is 45.7 Å². The van der Waals surface area contributed by atoms with Crippen LogP contribution in [0.1, 0.15) is 0 Å². The predicted molar refractivity (Wildman–Crippen MR) is 51.8 cm³/mol. The molecule has 1 rings (SSSR count). The SMILES string of the molecule is N#CC(Cl)=CSc1ccccc1. The first-order chi connectivity index (χ1) is 5.83. The molecule has 0 aromatic heterocycles. The van der Waals surface area contributed by atoms with Crippen LogP contribution in [0.4, 0.5) is 0 Å². The van der Waals surface area contributed by atoms with Crippen LogP contribution in [-0.2, 0) is 0 Å². The van der Waals surface area contributed by atoms with Gasteiger partial charge in [0.2, 0.25) is 0 Å². The molecular weight excluding hydrogens is 190 g/mol. The van der Waals surface area contributed by atoms with Gasteiger partial charge in [0, 0.05) is 10.3 Å². The Morgan fingerprint density at radius 3 is 2.67 bits per heavy atom. The molecule has 0 spiro atoms. The average Bonchev–Trinajstić information content (AvgIpc) is 2.16. The molecule has 0 saturated carbocycles. The van der Waals surface area contributed by atoms with Crippen molar-refractivity contribution in [2.24, 2.45) is 0 Å². The van der Waals surface area contributed by atoms with Gasteiger partial charge < -0.3 is 0 Å². The molecule has 12 heavy (non-hydrogen) atoms. The Morgan fingerprint density at radius 1 is 1.42 bits per heavy atom. The first kappa shape index (κ1) is 9.18. The van der Waals surface area contributed by atoms with Gasteiger partial charge in [0.1, 0.15) is 11.1 Å². The molecular formula is C9H6ClNS. The Balaban J connectivity index is 2.61. The minimum absolute atomic E-state index is 0.212. The molecule has 0 radical (unpaired) electrons. The maximum Gasteiger partial charge on any atom is 0.124 e. The number of hydrogen-bond donors (Lipinski definition) is 0. The highest BCUT2D eigenvalue weighted by Crippen LogP contribution is 2.20. The minimum atomic E-state index is 0.212. The van der Waals surface area contributed by atoms with Gasteiger partial charge in [0.15, 0.2) is 0 Å². The maximum atomic E-state index is 8.35. The summed E-state index contributed by atoms with van der Waals surface area (Å²) < 4.78 is 0. The second-order valence-corrected chi connectivity index (χ2v) is 3.36. The van der Waals surface area contributed by atoms with Gasteiger partial charge >= 0.3 is 0 Å². The lowest BCUT2D eigenvalue weighted by molar-refractivity contribution is 1.47. The van der Waals surface area contributed by atoms with Crippen molar-refractivity contribution in [1.82, 2.24) is 0 Å². The van der Waals surface area contributed by atoms with E-state index >= 15 is 0 Å². The van der Waals surface area contributed by atoms with Crippen LogP contribution in [0.2, 0.25) is 0 Å². The summed E-state index contributed by atoms with van der Waals surface area (Å²) in [5.74, 6) is 0. The van der Waals surface area contributed by atoms with Crippen LogP contribution >= 0.6 is 23.4 Å². The van der Waals surface area contributed by atoms with E-state index in [0.29, 0.717) is 0 Å². The number of nitrogens with zero attached hydrogens (tertiary/aromatic N) is 1. The molecule has 60 valence electrons. The highest BCUT2D eigenvalue weighted by Gasteiger charge is 1.90. The number of rotatable bonds is 2. The van der Waals surface area contributed by atoms with Gasteiger partial charge in [-0.25, -0.2) is 0 Å². The summed E-state index contributed by atoms with van der Waals surface area (Å²) in [6.45, 7) is 0. The zero-order valence-corrected chi connectivity index (χ0v) is 7.77. The van der Waals surface area contributed by atoms with Crippen molar-refractivity contribution < 1.29 is 0 Å². The largest absolute Gasteiger partial charge is 0.191 e. The number of hydrogen-bond acceptors (Lipinski definition) is 2. The molecule has 0 aliphatic heterocycles. The third-order valence-electron chi connectivity index (χ3n) is 1.15. The van der Waals surface area contributed by atoms with Crippen LogP contribution in [0, 0.1) is 11.3 Å². The van der Waals surface area contributed by atoms with E-state index in [4.69, 9.17) is 16.9 Å². The first-order valence-corrected chi connectivity index (χ1v) is 4.56. The van der Waals surface area contributed by atoms with Crippen molar-refractivity contribution in [2.75, 3.05) is 0 Å². The molecule has 1 aromatic carbocycles. The molecule has 0 fully saturated rings. The molecule has 0 bridgehead atoms. The van der Waals surface area contributed by atoms with Gasteiger partial charge in [-0.15, -0.1) is 0 Å². The number of halogens is 1. The molecule has 3 heteroatoms. The molecule has 0 atom stereocenters. The lowest BCUT2D eigenvalue weighted by Gasteiger charge is -1.92. The Labute approximate surface area is 80.7 Å². The van der Waals surface area contributed by atoms with Crippen molar-refractivity contribution in [3.63, 3.8) is 0 Å². The van der Waals surface area contributed by atoms with Gasteiger partial charge in [0.25, 0.3) is 0 Å². The summed E-state index contributed by atoms with van der Waals surface area (Å²) >= 11 is 6.93. The van der Waals surface area contributed by atoms with Crippen LogP contribution in [-0.4, -0.2) is 0 Å². The Hall–Kier alpha value is -0.910. The topological polar surface area (TPSA) is 23.8 Å². The predicted octanol–water partition coefficient (Wildman–Crippen LogP) is 3.38. The summed E-state index contributed by atoms with van der Waals surface area (Å²) in [5, 5.41) is 10.2. The van der Waals surface area contributed by atoms with E-state index in [-0.39, 0.29) is 5.03 Å². The number of thioether (sulfide) groups is 1. The van der Waals surface area contributed by atoms with Crippen molar-refractivity contribution in [3.8, 4) is 6.07 Å². The Bertz CT molecular complexity index is 313. The molecule has 0 N–H and O–H groups in total. The van der Waals surface area contributed by atoms with Crippen molar-refractivity contribution in [3.05, 3.63) is 40.8 Å². The van der Waals surface area contributed by atoms with E-state index in [1.54, 1.807) is 5.41 Å². The smallest absolute Gasteiger partial charge is 0.124 e. The molecule has 0 amide bonds. The molecule has 0 aliphatic carbocycles. The van der Waals surface area contributed by atoms with Gasteiger partial charge in [-0.2, -0.15) is 5.26 Å². The average molecular weight is 196 g/mol. The number of allylic oxidation sites excluding steroid dienone is 1. The standard InChI is InChI=1S/C9H6ClNS/c10-8(6-11)7-12-9-4-2-1-3-5-9/h1-5,7H. The molecule has 0 heterocycles. The highest BCUT2D eigenvalue weighted by atomic mass is 35.5. The third kappa shape index (κ3) is 3.00. The van der Waals surface area contributed by atoms with Crippen molar-refractivity contribution >= 4 is 23.4 Å². The minimum Gasteiger partial charge on any atom is -0.191 e. The van der Waals surface area contributed by atoms with E-state index in [2.05, 4.69) is 0 Å². The zero-order chi connectivity index (χ0) is 8.81. The molecule has 0 saturated heterocycles. The lowest BCUT2D eigenvalue weighted by Crippen LogP contribution is -1.65. The van der Waals surface area contributed by atoms with E-state index in [1.165, 1.54) is 11.8 Å². The van der Waals surface area contributed by atoms with Crippen LogP contribution in [0.5, 0.6) is 0 Å². The van der Waals surface area contributed by atoms with Gasteiger partial charge in [-0.05, 0) is 12.1 Å². The van der Waals surface area contributed by atoms with Crippen LogP contribution in [0.3, 0.4) is 0 Å². The van der Waals surface area contributed by atoms with Crippen LogP contribution in [0.25, 0.3) is 0 Å². The summed E-state index contributed by atoms with van der Waals surface area (Å²) in [4.78, 5) is 1.07. The second-order valence-electron chi connectivity index (χ2n) is 2.01. The second kappa shape index (κ2) is 4.87. The fraction of sp³-hybridized carbons (Fsp3) is 0. The Kier molecular flexibility index (Phi) is 3.72. The summed E-state index contributed by atoms with van der Waals surface area (Å²) in [6, 6.07) is 11.6. The monoisotopic (exact) mass is 195 g/mol. The normalized spacial score (nSPS) is 10.8. The molecule has 0 aliphatic rings.